The predicted molar refractivity (Wildman–Crippen MR) is 41.6 cm³/mol. The van der Waals surface area contributed by atoms with Crippen LogP contribution in [0.4, 0.5) is 0 Å². The number of halogens is 1. The van der Waals surface area contributed by atoms with E-state index in [4.69, 9.17) is 5.73 Å². The number of rotatable bonds is 2. The van der Waals surface area contributed by atoms with E-state index in [0.29, 0.717) is 6.54 Å². The highest BCUT2D eigenvalue weighted by atomic mass is 79.9. The first-order chi connectivity index (χ1) is 3.93. The van der Waals surface area contributed by atoms with Gasteiger partial charge in [0.25, 0.3) is 0 Å². The Morgan fingerprint density at radius 3 is 2.78 bits per heavy atom. The number of nitrogens with two attached hydrogens (primary N) is 1. The summed E-state index contributed by atoms with van der Waals surface area (Å²) < 4.78 is 1.81. The molecule has 0 aliphatic heterocycles. The molecular formula is C5H10BrN3. The number of aromatic nitrogens is 2. The molecule has 0 aliphatic rings. The maximum Gasteiger partial charge on any atom is 0.0531 e. The Labute approximate surface area is 64.6 Å². The van der Waals surface area contributed by atoms with Crippen LogP contribution < -0.4 is 5.73 Å². The highest BCUT2D eigenvalue weighted by Crippen LogP contribution is 1.80. The number of nitrogens with zero attached hydrogens (tertiary/aromatic N) is 2. The van der Waals surface area contributed by atoms with Gasteiger partial charge in [-0.05, 0) is 6.07 Å². The van der Waals surface area contributed by atoms with E-state index in [1.807, 2.05) is 12.3 Å². The molecule has 3 nitrogen and oxygen atoms in total. The van der Waals surface area contributed by atoms with Crippen LogP contribution in [-0.4, -0.2) is 16.3 Å². The average Bonchev–Trinajstić information content (AvgIpc) is 2.19. The Hall–Kier alpha value is -0.350. The summed E-state index contributed by atoms with van der Waals surface area (Å²) in [5, 5.41) is 3.94. The molecule has 1 aromatic heterocycles. The molecule has 0 spiro atoms. The first-order valence-corrected chi connectivity index (χ1v) is 2.61. The maximum atomic E-state index is 5.26. The van der Waals surface area contributed by atoms with Crippen LogP contribution in [0, 0.1) is 0 Å². The van der Waals surface area contributed by atoms with E-state index in [1.54, 1.807) is 10.9 Å². The quantitative estimate of drug-likeness (QED) is 0.737. The zero-order chi connectivity index (χ0) is 5.82. The van der Waals surface area contributed by atoms with Gasteiger partial charge in [0.2, 0.25) is 0 Å². The van der Waals surface area contributed by atoms with Gasteiger partial charge in [-0.25, -0.2) is 0 Å². The van der Waals surface area contributed by atoms with Gasteiger partial charge in [-0.15, -0.1) is 17.0 Å². The lowest BCUT2D eigenvalue weighted by Crippen LogP contribution is -2.09. The Kier molecular flexibility index (Phi) is 4.35. The van der Waals surface area contributed by atoms with Crippen molar-refractivity contribution in [3.05, 3.63) is 18.5 Å². The minimum absolute atomic E-state index is 0. The molecule has 1 aromatic rings. The molecule has 9 heavy (non-hydrogen) atoms. The lowest BCUT2D eigenvalue weighted by Gasteiger charge is -1.93. The van der Waals surface area contributed by atoms with Crippen molar-refractivity contribution in [1.82, 2.24) is 9.78 Å². The molecule has 0 aliphatic carbocycles. The van der Waals surface area contributed by atoms with Gasteiger partial charge in [-0.1, -0.05) is 0 Å². The van der Waals surface area contributed by atoms with Crippen LogP contribution in [0.2, 0.25) is 0 Å². The zero-order valence-corrected chi connectivity index (χ0v) is 6.74. The molecule has 0 atom stereocenters. The third kappa shape index (κ3) is 2.62. The second kappa shape index (κ2) is 4.52. The molecule has 52 valence electrons. The van der Waals surface area contributed by atoms with Gasteiger partial charge in [-0.3, -0.25) is 4.68 Å². The topological polar surface area (TPSA) is 43.8 Å². The van der Waals surface area contributed by atoms with Crippen molar-refractivity contribution in [1.29, 1.82) is 0 Å². The van der Waals surface area contributed by atoms with Crippen molar-refractivity contribution in [2.24, 2.45) is 5.73 Å². The molecule has 4 heteroatoms. The van der Waals surface area contributed by atoms with E-state index in [1.165, 1.54) is 0 Å². The molecule has 0 unspecified atom stereocenters. The third-order valence-electron chi connectivity index (χ3n) is 0.917. The van der Waals surface area contributed by atoms with Gasteiger partial charge in [-0.2, -0.15) is 5.10 Å². The van der Waals surface area contributed by atoms with Crippen LogP contribution in [0.1, 0.15) is 0 Å². The van der Waals surface area contributed by atoms with Crippen molar-refractivity contribution >= 4 is 17.0 Å². The smallest absolute Gasteiger partial charge is 0.0531 e. The summed E-state index contributed by atoms with van der Waals surface area (Å²) in [5.41, 5.74) is 5.26. The molecule has 0 radical (unpaired) electrons. The fraction of sp³-hybridized carbons (Fsp3) is 0.400. The van der Waals surface area contributed by atoms with Crippen LogP contribution in [0.3, 0.4) is 0 Å². The number of hydrogen-bond acceptors (Lipinski definition) is 2. The molecule has 2 N–H and O–H groups in total. The Morgan fingerprint density at radius 1 is 1.56 bits per heavy atom. The summed E-state index contributed by atoms with van der Waals surface area (Å²) in [4.78, 5) is 0. The summed E-state index contributed by atoms with van der Waals surface area (Å²) in [7, 11) is 0. The summed E-state index contributed by atoms with van der Waals surface area (Å²) in [6, 6.07) is 1.88. The molecule has 0 bridgehead atoms. The van der Waals surface area contributed by atoms with Crippen LogP contribution in [0.25, 0.3) is 0 Å². The second-order valence-electron chi connectivity index (χ2n) is 1.56. The van der Waals surface area contributed by atoms with Gasteiger partial charge in [0.1, 0.15) is 0 Å². The van der Waals surface area contributed by atoms with Gasteiger partial charge >= 0.3 is 0 Å². The van der Waals surface area contributed by atoms with Gasteiger partial charge in [0.15, 0.2) is 0 Å². The summed E-state index contributed by atoms with van der Waals surface area (Å²) >= 11 is 0. The largest absolute Gasteiger partial charge is 0.329 e. The lowest BCUT2D eigenvalue weighted by molar-refractivity contribution is 0.625. The first kappa shape index (κ1) is 8.65. The highest BCUT2D eigenvalue weighted by Gasteiger charge is 1.82. The molecule has 1 heterocycles. The zero-order valence-electron chi connectivity index (χ0n) is 5.03. The number of hydrogen-bond donors (Lipinski definition) is 1. The normalized spacial score (nSPS) is 8.56. The molecule has 0 saturated carbocycles. The van der Waals surface area contributed by atoms with Crippen molar-refractivity contribution in [3.8, 4) is 0 Å². The second-order valence-corrected chi connectivity index (χ2v) is 1.56. The van der Waals surface area contributed by atoms with E-state index in [-0.39, 0.29) is 17.0 Å². The molecule has 0 aromatic carbocycles. The SMILES string of the molecule is Br.NCCn1cccn1. The minimum atomic E-state index is 0. The Balaban J connectivity index is 0.000000640. The van der Waals surface area contributed by atoms with Crippen LogP contribution >= 0.6 is 17.0 Å². The average molecular weight is 192 g/mol. The van der Waals surface area contributed by atoms with E-state index in [9.17, 15) is 0 Å². The third-order valence-corrected chi connectivity index (χ3v) is 0.917. The summed E-state index contributed by atoms with van der Waals surface area (Å²) in [6.07, 6.45) is 3.64. The fourth-order valence-electron chi connectivity index (χ4n) is 0.565. The van der Waals surface area contributed by atoms with E-state index < -0.39 is 0 Å². The van der Waals surface area contributed by atoms with E-state index >= 15 is 0 Å². The standard InChI is InChI=1S/C5H9N3.BrH/c6-2-5-8-4-1-3-7-8;/h1,3-4H,2,5-6H2;1H. The van der Waals surface area contributed by atoms with Crippen molar-refractivity contribution in [2.45, 2.75) is 6.54 Å². The highest BCUT2D eigenvalue weighted by molar-refractivity contribution is 8.93. The van der Waals surface area contributed by atoms with E-state index in [0.717, 1.165) is 6.54 Å². The van der Waals surface area contributed by atoms with Crippen molar-refractivity contribution in [2.75, 3.05) is 6.54 Å². The fourth-order valence-corrected chi connectivity index (χ4v) is 0.565. The monoisotopic (exact) mass is 191 g/mol. The lowest BCUT2D eigenvalue weighted by atomic mass is 10.6. The Morgan fingerprint density at radius 2 is 2.33 bits per heavy atom. The maximum absolute atomic E-state index is 5.26. The van der Waals surface area contributed by atoms with Gasteiger partial charge < -0.3 is 5.73 Å². The molecule has 1 rings (SSSR count). The van der Waals surface area contributed by atoms with E-state index in [2.05, 4.69) is 5.10 Å². The summed E-state index contributed by atoms with van der Waals surface area (Å²) in [5.74, 6) is 0. The van der Waals surface area contributed by atoms with Crippen molar-refractivity contribution in [3.63, 3.8) is 0 Å². The Bertz CT molecular complexity index is 138. The van der Waals surface area contributed by atoms with Crippen LogP contribution in [0.15, 0.2) is 18.5 Å². The summed E-state index contributed by atoms with van der Waals surface area (Å²) in [6.45, 7) is 1.47. The first-order valence-electron chi connectivity index (χ1n) is 2.61. The molecule has 0 saturated heterocycles. The molecule has 0 amide bonds. The van der Waals surface area contributed by atoms with Gasteiger partial charge in [0.05, 0.1) is 6.54 Å². The van der Waals surface area contributed by atoms with Gasteiger partial charge in [0, 0.05) is 18.9 Å². The minimum Gasteiger partial charge on any atom is -0.329 e. The van der Waals surface area contributed by atoms with Crippen LogP contribution in [-0.2, 0) is 6.54 Å². The predicted octanol–water partition coefficient (Wildman–Crippen LogP) is 0.420. The van der Waals surface area contributed by atoms with Crippen LogP contribution in [0.5, 0.6) is 0 Å². The molecule has 0 fully saturated rings. The molecular weight excluding hydrogens is 182 g/mol. The van der Waals surface area contributed by atoms with Crippen molar-refractivity contribution < 1.29 is 0 Å².